The van der Waals surface area contributed by atoms with Gasteiger partial charge < -0.3 is 9.84 Å². The standard InChI is InChI=1S/C14H18O3/c1-3-11(2)10-17-13-7-5-4-6-12(13)8-9-14(15)16/h4-9,11H,3,10H2,1-2H3,(H,15,16). The van der Waals surface area contributed by atoms with Gasteiger partial charge in [-0.15, -0.1) is 0 Å². The van der Waals surface area contributed by atoms with E-state index in [2.05, 4.69) is 13.8 Å². The maximum absolute atomic E-state index is 10.5. The largest absolute Gasteiger partial charge is 0.493 e. The average Bonchev–Trinajstić information content (AvgIpc) is 2.34. The summed E-state index contributed by atoms with van der Waals surface area (Å²) in [4.78, 5) is 10.5. The lowest BCUT2D eigenvalue weighted by Gasteiger charge is -2.12. The smallest absolute Gasteiger partial charge is 0.328 e. The van der Waals surface area contributed by atoms with Crippen molar-refractivity contribution in [2.24, 2.45) is 5.92 Å². The van der Waals surface area contributed by atoms with Gasteiger partial charge in [-0.1, -0.05) is 38.5 Å². The minimum Gasteiger partial charge on any atom is -0.493 e. The third-order valence-electron chi connectivity index (χ3n) is 2.54. The fraction of sp³-hybridized carbons (Fsp3) is 0.357. The zero-order chi connectivity index (χ0) is 12.7. The first-order valence-corrected chi connectivity index (χ1v) is 5.76. The summed E-state index contributed by atoms with van der Waals surface area (Å²) in [6.07, 6.45) is 3.73. The molecule has 0 saturated carbocycles. The summed E-state index contributed by atoms with van der Waals surface area (Å²) in [6, 6.07) is 7.43. The molecule has 0 heterocycles. The fourth-order valence-electron chi connectivity index (χ4n) is 1.26. The molecule has 17 heavy (non-hydrogen) atoms. The highest BCUT2D eigenvalue weighted by molar-refractivity contribution is 5.85. The minimum atomic E-state index is -0.957. The predicted molar refractivity (Wildman–Crippen MR) is 68.1 cm³/mol. The van der Waals surface area contributed by atoms with Gasteiger partial charge in [-0.2, -0.15) is 0 Å². The summed E-state index contributed by atoms with van der Waals surface area (Å²) in [5.41, 5.74) is 0.790. The number of hydrogen-bond donors (Lipinski definition) is 1. The summed E-state index contributed by atoms with van der Waals surface area (Å²) in [7, 11) is 0. The van der Waals surface area contributed by atoms with Crippen molar-refractivity contribution in [3.8, 4) is 5.75 Å². The molecule has 0 amide bonds. The maximum atomic E-state index is 10.5. The van der Waals surface area contributed by atoms with Crippen molar-refractivity contribution >= 4 is 12.0 Å². The number of benzene rings is 1. The van der Waals surface area contributed by atoms with Gasteiger partial charge in [0.1, 0.15) is 5.75 Å². The van der Waals surface area contributed by atoms with E-state index in [1.54, 1.807) is 6.08 Å². The van der Waals surface area contributed by atoms with Crippen LogP contribution in [0.3, 0.4) is 0 Å². The summed E-state index contributed by atoms with van der Waals surface area (Å²) < 4.78 is 5.68. The zero-order valence-corrected chi connectivity index (χ0v) is 10.2. The number of carboxylic acid groups (broad SMARTS) is 1. The van der Waals surface area contributed by atoms with Crippen LogP contribution in [0.25, 0.3) is 6.08 Å². The van der Waals surface area contributed by atoms with Crippen LogP contribution in [0.15, 0.2) is 30.3 Å². The Labute approximate surface area is 102 Å². The Morgan fingerprint density at radius 3 is 2.82 bits per heavy atom. The summed E-state index contributed by atoms with van der Waals surface area (Å²) in [5, 5.41) is 8.59. The van der Waals surface area contributed by atoms with Crippen molar-refractivity contribution in [2.75, 3.05) is 6.61 Å². The van der Waals surface area contributed by atoms with Crippen LogP contribution in [0.1, 0.15) is 25.8 Å². The van der Waals surface area contributed by atoms with Crippen LogP contribution in [-0.2, 0) is 4.79 Å². The Hall–Kier alpha value is -1.77. The van der Waals surface area contributed by atoms with E-state index in [0.717, 1.165) is 23.8 Å². The maximum Gasteiger partial charge on any atom is 0.328 e. The second-order valence-corrected chi connectivity index (χ2v) is 4.03. The minimum absolute atomic E-state index is 0.492. The molecule has 1 unspecified atom stereocenters. The van der Waals surface area contributed by atoms with Crippen molar-refractivity contribution in [1.29, 1.82) is 0 Å². The molecule has 92 valence electrons. The van der Waals surface area contributed by atoms with Crippen LogP contribution in [0.5, 0.6) is 5.75 Å². The highest BCUT2D eigenvalue weighted by atomic mass is 16.5. The van der Waals surface area contributed by atoms with E-state index < -0.39 is 5.97 Å². The fourth-order valence-corrected chi connectivity index (χ4v) is 1.26. The van der Waals surface area contributed by atoms with Gasteiger partial charge >= 0.3 is 5.97 Å². The number of rotatable bonds is 6. The molecule has 0 aromatic heterocycles. The van der Waals surface area contributed by atoms with Gasteiger partial charge in [0, 0.05) is 11.6 Å². The van der Waals surface area contributed by atoms with Crippen molar-refractivity contribution < 1.29 is 14.6 Å². The second kappa shape index (κ2) is 6.74. The quantitative estimate of drug-likeness (QED) is 0.769. The van der Waals surface area contributed by atoms with Crippen LogP contribution in [0, 0.1) is 5.92 Å². The number of aliphatic carboxylic acids is 1. The van der Waals surface area contributed by atoms with Crippen molar-refractivity contribution in [3.05, 3.63) is 35.9 Å². The number of hydrogen-bond acceptors (Lipinski definition) is 2. The molecule has 1 aromatic rings. The normalized spacial score (nSPS) is 12.6. The van der Waals surface area contributed by atoms with E-state index in [0.29, 0.717) is 12.5 Å². The van der Waals surface area contributed by atoms with Gasteiger partial charge in [0.25, 0.3) is 0 Å². The zero-order valence-electron chi connectivity index (χ0n) is 10.2. The van der Waals surface area contributed by atoms with Gasteiger partial charge in [-0.3, -0.25) is 0 Å². The summed E-state index contributed by atoms with van der Waals surface area (Å²) >= 11 is 0. The van der Waals surface area contributed by atoms with Crippen LogP contribution < -0.4 is 4.74 Å². The molecule has 0 aliphatic carbocycles. The Kier molecular flexibility index (Phi) is 5.27. The van der Waals surface area contributed by atoms with E-state index >= 15 is 0 Å². The number of ether oxygens (including phenoxy) is 1. The van der Waals surface area contributed by atoms with Crippen molar-refractivity contribution in [2.45, 2.75) is 20.3 Å². The molecule has 0 spiro atoms. The van der Waals surface area contributed by atoms with Crippen LogP contribution in [0.2, 0.25) is 0 Å². The molecule has 0 saturated heterocycles. The van der Waals surface area contributed by atoms with Gasteiger partial charge in [0.15, 0.2) is 0 Å². The SMILES string of the molecule is CCC(C)COc1ccccc1C=CC(=O)O. The monoisotopic (exact) mass is 234 g/mol. The Morgan fingerprint density at radius 1 is 1.47 bits per heavy atom. The van der Waals surface area contributed by atoms with Crippen LogP contribution in [0.4, 0.5) is 0 Å². The summed E-state index contributed by atoms with van der Waals surface area (Å²) in [5.74, 6) is 0.263. The topological polar surface area (TPSA) is 46.5 Å². The van der Waals surface area contributed by atoms with E-state index in [1.807, 2.05) is 24.3 Å². The lowest BCUT2D eigenvalue weighted by molar-refractivity contribution is -0.131. The van der Waals surface area contributed by atoms with E-state index in [1.165, 1.54) is 0 Å². The number of carbonyl (C=O) groups is 1. The predicted octanol–water partition coefficient (Wildman–Crippen LogP) is 3.21. The summed E-state index contributed by atoms with van der Waals surface area (Å²) in [6.45, 7) is 4.88. The molecular weight excluding hydrogens is 216 g/mol. The van der Waals surface area contributed by atoms with E-state index in [9.17, 15) is 4.79 Å². The Morgan fingerprint density at radius 2 is 2.18 bits per heavy atom. The molecule has 0 bridgehead atoms. The van der Waals surface area contributed by atoms with Gasteiger partial charge in [0.2, 0.25) is 0 Å². The molecule has 3 heteroatoms. The number of carboxylic acids is 1. The molecule has 0 fully saturated rings. The molecular formula is C14H18O3. The first-order chi connectivity index (χ1) is 8.13. The molecule has 1 atom stereocenters. The van der Waals surface area contributed by atoms with Crippen LogP contribution >= 0.6 is 0 Å². The molecule has 1 N–H and O–H groups in total. The third kappa shape index (κ3) is 4.72. The third-order valence-corrected chi connectivity index (χ3v) is 2.54. The van der Waals surface area contributed by atoms with Crippen molar-refractivity contribution in [1.82, 2.24) is 0 Å². The van der Waals surface area contributed by atoms with Crippen molar-refractivity contribution in [3.63, 3.8) is 0 Å². The molecule has 3 nitrogen and oxygen atoms in total. The lowest BCUT2D eigenvalue weighted by atomic mass is 10.1. The Balaban J connectivity index is 2.74. The molecule has 0 radical (unpaired) electrons. The first-order valence-electron chi connectivity index (χ1n) is 5.76. The second-order valence-electron chi connectivity index (χ2n) is 4.03. The van der Waals surface area contributed by atoms with E-state index in [-0.39, 0.29) is 0 Å². The highest BCUT2D eigenvalue weighted by Crippen LogP contribution is 2.20. The van der Waals surface area contributed by atoms with Crippen LogP contribution in [-0.4, -0.2) is 17.7 Å². The number of para-hydroxylation sites is 1. The highest BCUT2D eigenvalue weighted by Gasteiger charge is 2.03. The molecule has 0 aliphatic heterocycles. The average molecular weight is 234 g/mol. The Bertz CT molecular complexity index is 396. The lowest BCUT2D eigenvalue weighted by Crippen LogP contribution is -2.07. The van der Waals surface area contributed by atoms with Gasteiger partial charge in [-0.25, -0.2) is 4.79 Å². The molecule has 1 aromatic carbocycles. The molecule has 1 rings (SSSR count). The van der Waals surface area contributed by atoms with Gasteiger partial charge in [0.05, 0.1) is 6.61 Å². The van der Waals surface area contributed by atoms with Gasteiger partial charge in [-0.05, 0) is 18.1 Å². The first kappa shape index (κ1) is 13.3. The van der Waals surface area contributed by atoms with E-state index in [4.69, 9.17) is 9.84 Å². The molecule has 0 aliphatic rings.